The van der Waals surface area contributed by atoms with Gasteiger partial charge in [0.15, 0.2) is 11.8 Å². The molecule has 1 aromatic heterocycles. The molecule has 0 spiro atoms. The maximum atomic E-state index is 15.6. The number of halogens is 2. The molecule has 2 aromatic rings. The number of hydrogen-bond acceptors (Lipinski definition) is 7. The summed E-state index contributed by atoms with van der Waals surface area (Å²) in [5.41, 5.74) is 0.739. The number of anilines is 1. The summed E-state index contributed by atoms with van der Waals surface area (Å²) < 4.78 is 26.3. The molecule has 4 atom stereocenters. The Labute approximate surface area is 193 Å². The van der Waals surface area contributed by atoms with Crippen LogP contribution in [0.2, 0.25) is 5.02 Å². The van der Waals surface area contributed by atoms with Crippen LogP contribution in [0.3, 0.4) is 0 Å². The third-order valence-corrected chi connectivity index (χ3v) is 7.66. The number of nitrogens with zero attached hydrogens (tertiary/aromatic N) is 4. The van der Waals surface area contributed by atoms with Crippen LogP contribution in [0, 0.1) is 0 Å². The number of fused-ring (bicyclic) bond motifs is 2. The van der Waals surface area contributed by atoms with Gasteiger partial charge in [0.25, 0.3) is 0 Å². The van der Waals surface area contributed by atoms with Crippen molar-refractivity contribution in [2.75, 3.05) is 18.8 Å². The molecule has 3 heterocycles. The molecule has 2 aliphatic heterocycles. The SMILES string of the molecule is COCOc1cc(Cl)ccc1-c1nnc(N(C2CC2)[C@@H]2C[C@H]3CC[C@@H]([C@@H]2F)N3C(=O)O)s1. The number of benzene rings is 1. The van der Waals surface area contributed by atoms with Crippen molar-refractivity contribution >= 4 is 34.2 Å². The number of amides is 1. The van der Waals surface area contributed by atoms with Gasteiger partial charge in [-0.3, -0.25) is 4.90 Å². The van der Waals surface area contributed by atoms with E-state index in [0.29, 0.717) is 40.2 Å². The van der Waals surface area contributed by atoms with Crippen molar-refractivity contribution in [3.63, 3.8) is 0 Å². The van der Waals surface area contributed by atoms with Gasteiger partial charge in [-0.05, 0) is 50.3 Å². The lowest BCUT2D eigenvalue weighted by Gasteiger charge is -2.44. The van der Waals surface area contributed by atoms with Crippen molar-refractivity contribution in [2.45, 2.75) is 62.4 Å². The van der Waals surface area contributed by atoms with Crippen molar-refractivity contribution in [2.24, 2.45) is 0 Å². The number of carbonyl (C=O) groups is 1. The Hall–Kier alpha value is -2.17. The van der Waals surface area contributed by atoms with E-state index in [-0.39, 0.29) is 18.9 Å². The lowest BCUT2D eigenvalue weighted by Crippen LogP contribution is -2.59. The minimum atomic E-state index is -1.26. The number of piperidine rings is 1. The van der Waals surface area contributed by atoms with Gasteiger partial charge in [-0.15, -0.1) is 10.2 Å². The van der Waals surface area contributed by atoms with Crippen LogP contribution in [0.4, 0.5) is 14.3 Å². The maximum absolute atomic E-state index is 15.6. The highest BCUT2D eigenvalue weighted by Gasteiger charge is 2.53. The van der Waals surface area contributed by atoms with Gasteiger partial charge in [0.2, 0.25) is 5.13 Å². The second-order valence-electron chi connectivity index (χ2n) is 8.46. The molecule has 32 heavy (non-hydrogen) atoms. The summed E-state index contributed by atoms with van der Waals surface area (Å²) in [4.78, 5) is 15.0. The van der Waals surface area contributed by atoms with Gasteiger partial charge in [0.05, 0.1) is 17.6 Å². The van der Waals surface area contributed by atoms with E-state index in [2.05, 4.69) is 15.1 Å². The Balaban J connectivity index is 1.43. The number of hydrogen-bond donors (Lipinski definition) is 1. The van der Waals surface area contributed by atoms with E-state index in [0.717, 1.165) is 18.4 Å². The predicted octanol–water partition coefficient (Wildman–Crippen LogP) is 4.43. The largest absolute Gasteiger partial charge is 0.467 e. The van der Waals surface area contributed by atoms with Crippen molar-refractivity contribution < 1.29 is 23.8 Å². The molecule has 1 N–H and O–H groups in total. The Kier molecular flexibility index (Phi) is 5.85. The van der Waals surface area contributed by atoms with Gasteiger partial charge in [-0.1, -0.05) is 22.9 Å². The summed E-state index contributed by atoms with van der Waals surface area (Å²) in [6, 6.07) is 4.36. The molecule has 11 heteroatoms. The smallest absolute Gasteiger partial charge is 0.407 e. The van der Waals surface area contributed by atoms with E-state index < -0.39 is 24.3 Å². The second-order valence-corrected chi connectivity index (χ2v) is 9.85. The third kappa shape index (κ3) is 3.88. The first-order chi connectivity index (χ1) is 15.5. The zero-order chi connectivity index (χ0) is 22.4. The summed E-state index contributed by atoms with van der Waals surface area (Å²) in [7, 11) is 1.54. The highest BCUT2D eigenvalue weighted by molar-refractivity contribution is 7.18. The Morgan fingerprint density at radius 3 is 2.88 bits per heavy atom. The molecule has 1 aromatic carbocycles. The summed E-state index contributed by atoms with van der Waals surface area (Å²) >= 11 is 7.51. The average molecular weight is 483 g/mol. The average Bonchev–Trinajstić information content (AvgIpc) is 3.37. The van der Waals surface area contributed by atoms with Crippen LogP contribution in [0.5, 0.6) is 5.75 Å². The molecule has 2 bridgehead atoms. The van der Waals surface area contributed by atoms with Crippen molar-refractivity contribution in [1.82, 2.24) is 15.1 Å². The topological polar surface area (TPSA) is 88.0 Å². The minimum absolute atomic E-state index is 0.0711. The van der Waals surface area contributed by atoms with Crippen LogP contribution in [0.25, 0.3) is 10.6 Å². The van der Waals surface area contributed by atoms with E-state index in [4.69, 9.17) is 21.1 Å². The van der Waals surface area contributed by atoms with Gasteiger partial charge in [-0.2, -0.15) is 0 Å². The van der Waals surface area contributed by atoms with Gasteiger partial charge in [-0.25, -0.2) is 9.18 Å². The van der Waals surface area contributed by atoms with E-state index in [9.17, 15) is 9.90 Å². The maximum Gasteiger partial charge on any atom is 0.407 e. The summed E-state index contributed by atoms with van der Waals surface area (Å²) in [5.74, 6) is 0.538. The molecule has 0 unspecified atom stereocenters. The van der Waals surface area contributed by atoms with Crippen LogP contribution in [0.1, 0.15) is 32.1 Å². The number of ether oxygens (including phenoxy) is 2. The summed E-state index contributed by atoms with van der Waals surface area (Å²) in [5, 5.41) is 20.1. The minimum Gasteiger partial charge on any atom is -0.467 e. The molecular weight excluding hydrogens is 459 g/mol. The standard InChI is InChI=1S/C21H24ClFN4O4S/c1-30-10-31-17-8-11(22)2-6-14(17)19-24-25-20(32-19)26(12-3-4-12)16-9-13-5-7-15(18(16)23)27(13)21(28)29/h2,6,8,12-13,15-16,18H,3-5,7,9-10H2,1H3,(H,28,29)/t13-,15+,16-,18+/m1/s1. The van der Waals surface area contributed by atoms with Crippen molar-refractivity contribution in [3.8, 4) is 16.3 Å². The van der Waals surface area contributed by atoms with E-state index in [1.165, 1.54) is 23.3 Å². The molecule has 1 saturated carbocycles. The van der Waals surface area contributed by atoms with Gasteiger partial charge < -0.3 is 19.5 Å². The van der Waals surface area contributed by atoms with Gasteiger partial charge in [0, 0.05) is 24.2 Å². The monoisotopic (exact) mass is 482 g/mol. The molecule has 0 radical (unpaired) electrons. The zero-order valence-corrected chi connectivity index (χ0v) is 19.1. The van der Waals surface area contributed by atoms with Crippen LogP contribution >= 0.6 is 22.9 Å². The number of carboxylic acid groups (broad SMARTS) is 1. The zero-order valence-electron chi connectivity index (χ0n) is 17.5. The molecule has 2 saturated heterocycles. The van der Waals surface area contributed by atoms with Gasteiger partial charge >= 0.3 is 6.09 Å². The molecule has 5 rings (SSSR count). The van der Waals surface area contributed by atoms with Crippen molar-refractivity contribution in [1.29, 1.82) is 0 Å². The Bertz CT molecular complexity index is 1010. The number of methoxy groups -OCH3 is 1. The fourth-order valence-electron chi connectivity index (χ4n) is 4.95. The van der Waals surface area contributed by atoms with E-state index in [1.807, 2.05) is 6.07 Å². The molecule has 3 aliphatic rings. The summed E-state index contributed by atoms with van der Waals surface area (Å²) in [6.07, 6.45) is 1.41. The van der Waals surface area contributed by atoms with E-state index >= 15 is 4.39 Å². The fourth-order valence-corrected chi connectivity index (χ4v) is 6.12. The van der Waals surface area contributed by atoms with E-state index in [1.54, 1.807) is 12.1 Å². The van der Waals surface area contributed by atoms with Crippen LogP contribution in [-0.4, -0.2) is 70.5 Å². The van der Waals surface area contributed by atoms with Crippen LogP contribution in [-0.2, 0) is 4.74 Å². The first kappa shape index (κ1) is 21.7. The number of alkyl halides is 1. The van der Waals surface area contributed by atoms with Crippen molar-refractivity contribution in [3.05, 3.63) is 23.2 Å². The number of aromatic nitrogens is 2. The normalized spacial score (nSPS) is 26.9. The molecule has 1 aliphatic carbocycles. The van der Waals surface area contributed by atoms with Gasteiger partial charge in [0.1, 0.15) is 11.9 Å². The Morgan fingerprint density at radius 2 is 2.16 bits per heavy atom. The molecular formula is C21H24ClFN4O4S. The molecule has 3 fully saturated rings. The first-order valence-corrected chi connectivity index (χ1v) is 11.9. The second kappa shape index (κ2) is 8.64. The molecule has 172 valence electrons. The third-order valence-electron chi connectivity index (χ3n) is 6.46. The molecule has 8 nitrogen and oxygen atoms in total. The predicted molar refractivity (Wildman–Crippen MR) is 118 cm³/mol. The lowest BCUT2D eigenvalue weighted by molar-refractivity contribution is 0.0476. The van der Waals surface area contributed by atoms with Crippen LogP contribution < -0.4 is 9.64 Å². The van der Waals surface area contributed by atoms with Crippen LogP contribution in [0.15, 0.2) is 18.2 Å². The number of rotatable bonds is 7. The Morgan fingerprint density at radius 1 is 1.34 bits per heavy atom. The highest BCUT2D eigenvalue weighted by Crippen LogP contribution is 2.46. The highest BCUT2D eigenvalue weighted by atomic mass is 35.5. The molecule has 1 amide bonds. The lowest BCUT2D eigenvalue weighted by atomic mass is 9.94. The fraction of sp³-hybridized carbons (Fsp3) is 0.571. The quantitative estimate of drug-likeness (QED) is 0.584. The summed E-state index contributed by atoms with van der Waals surface area (Å²) in [6.45, 7) is 0.0711. The first-order valence-electron chi connectivity index (χ1n) is 10.7.